The number of primary amides is 2. The van der Waals surface area contributed by atoms with Crippen molar-refractivity contribution in [3.63, 3.8) is 0 Å². The summed E-state index contributed by atoms with van der Waals surface area (Å²) in [7, 11) is 3.24. The Balaban J connectivity index is 0.000000615. The molecule has 0 aliphatic carbocycles. The third kappa shape index (κ3) is 12.6. The SMILES string of the molecule is CCC.CCc1nc(C)oc1C=O.CCn1nc(C)cc1C(=O)Nc1nc2cc(C(N)=O)cc(OC)c2n1C/C=C/Cn1c(NC)nc2cc(C(N)=O)cc(OC(C)(C)CC(C)(C)N)c21. The Labute approximate surface area is 379 Å². The molecule has 65 heavy (non-hydrogen) atoms. The number of aryl methyl sites for hydroxylation is 4. The second-order valence-corrected chi connectivity index (χ2v) is 16.6. The Morgan fingerprint density at radius 2 is 1.37 bits per heavy atom. The molecule has 0 aliphatic heterocycles. The van der Waals surface area contributed by atoms with Crippen molar-refractivity contribution >= 4 is 58.0 Å². The molecule has 4 heterocycles. The fourth-order valence-electron chi connectivity index (χ4n) is 7.38. The summed E-state index contributed by atoms with van der Waals surface area (Å²) in [5.41, 5.74) is 20.9. The Morgan fingerprint density at radius 1 is 0.831 bits per heavy atom. The molecule has 0 unspecified atom stereocenters. The van der Waals surface area contributed by atoms with Gasteiger partial charge in [0.25, 0.3) is 5.91 Å². The van der Waals surface area contributed by atoms with Crippen LogP contribution < -0.4 is 37.3 Å². The van der Waals surface area contributed by atoms with Crippen LogP contribution in [0.1, 0.15) is 127 Å². The number of methoxy groups -OCH3 is 1. The maximum Gasteiger partial charge on any atom is 0.276 e. The molecule has 19 heteroatoms. The van der Waals surface area contributed by atoms with Gasteiger partial charge in [0.1, 0.15) is 33.8 Å². The molecule has 350 valence electrons. The molecule has 0 saturated carbocycles. The lowest BCUT2D eigenvalue weighted by molar-refractivity contribution is 0.0791. The highest BCUT2D eigenvalue weighted by Gasteiger charge is 2.30. The van der Waals surface area contributed by atoms with Crippen LogP contribution in [0.3, 0.4) is 0 Å². The van der Waals surface area contributed by atoms with Gasteiger partial charge in [-0.05, 0) is 78.3 Å². The van der Waals surface area contributed by atoms with Crippen LogP contribution in [0.4, 0.5) is 11.9 Å². The number of rotatable bonds is 17. The summed E-state index contributed by atoms with van der Waals surface area (Å²) in [6.45, 7) is 20.4. The maximum absolute atomic E-state index is 13.5. The number of fused-ring (bicyclic) bond motifs is 2. The molecule has 19 nitrogen and oxygen atoms in total. The Hall–Kier alpha value is -7.02. The van der Waals surface area contributed by atoms with Crippen LogP contribution in [-0.4, -0.2) is 83.2 Å². The van der Waals surface area contributed by atoms with Gasteiger partial charge < -0.3 is 45.5 Å². The number of aromatic nitrogens is 7. The van der Waals surface area contributed by atoms with Gasteiger partial charge >= 0.3 is 0 Å². The summed E-state index contributed by atoms with van der Waals surface area (Å²) in [6, 6.07) is 8.07. The average molecular weight is 897 g/mol. The van der Waals surface area contributed by atoms with Crippen molar-refractivity contribution in [1.82, 2.24) is 33.9 Å². The minimum atomic E-state index is -0.698. The smallest absolute Gasteiger partial charge is 0.276 e. The lowest BCUT2D eigenvalue weighted by atomic mass is 9.90. The largest absolute Gasteiger partial charge is 0.494 e. The van der Waals surface area contributed by atoms with E-state index in [4.69, 9.17) is 36.1 Å². The molecule has 0 saturated heterocycles. The summed E-state index contributed by atoms with van der Waals surface area (Å²) in [5, 5.41) is 10.4. The topological polar surface area (TPSA) is 268 Å². The first kappa shape index (κ1) is 50.6. The normalized spacial score (nSPS) is 11.5. The third-order valence-corrected chi connectivity index (χ3v) is 9.57. The fourth-order valence-corrected chi connectivity index (χ4v) is 7.38. The number of hydrogen-bond donors (Lipinski definition) is 5. The lowest BCUT2D eigenvalue weighted by Gasteiger charge is -2.33. The number of hydrogen-bond acceptors (Lipinski definition) is 13. The van der Waals surface area contributed by atoms with Gasteiger partial charge in [0.15, 0.2) is 17.9 Å². The summed E-state index contributed by atoms with van der Waals surface area (Å²) in [4.78, 5) is 61.6. The number of anilines is 2. The molecule has 0 spiro atoms. The number of aldehydes is 1. The Bertz CT molecular complexity index is 2680. The molecule has 6 aromatic rings. The van der Waals surface area contributed by atoms with Crippen molar-refractivity contribution in [1.29, 1.82) is 0 Å². The summed E-state index contributed by atoms with van der Waals surface area (Å²) >= 11 is 0. The van der Waals surface area contributed by atoms with E-state index in [2.05, 4.69) is 39.5 Å². The van der Waals surface area contributed by atoms with Crippen LogP contribution in [0.15, 0.2) is 46.9 Å². The third-order valence-electron chi connectivity index (χ3n) is 9.57. The zero-order chi connectivity index (χ0) is 48.4. The van der Waals surface area contributed by atoms with Crippen LogP contribution in [0.5, 0.6) is 11.5 Å². The van der Waals surface area contributed by atoms with Gasteiger partial charge in [-0.15, -0.1) is 0 Å². The standard InChI is InChI=1S/C36H47N11O5.C7H9NO2.C3H8/c1-9-47-25(14-20(2)44-47)32(50)43-34-42-23-15-21(30(37)48)17-26(51-8)28(23)46(34)13-11-10-12-45-29-24(41-33(45)40-7)16-22(31(38)49)18-27(29)52-36(5,6)19-35(3,4)39;1-3-6-7(4-9)10-5(2)8-6;1-3-2/h10-11,14-18H,9,12-13,19,39H2,1-8H3,(H2,37,48)(H2,38,49)(H,40,41)(H,42,43,50);4H,3H2,1-2H3;3H2,1-2H3/b11-10+;;. The number of oxazole rings is 1. The Morgan fingerprint density at radius 3 is 1.85 bits per heavy atom. The first-order valence-corrected chi connectivity index (χ1v) is 21.4. The second-order valence-electron chi connectivity index (χ2n) is 16.6. The first-order valence-electron chi connectivity index (χ1n) is 21.4. The van der Waals surface area contributed by atoms with Gasteiger partial charge in [0, 0.05) is 56.7 Å². The van der Waals surface area contributed by atoms with Crippen LogP contribution in [0.25, 0.3) is 22.1 Å². The van der Waals surface area contributed by atoms with E-state index in [1.54, 1.807) is 53.6 Å². The van der Waals surface area contributed by atoms with Crippen molar-refractivity contribution in [3.05, 3.63) is 82.3 Å². The molecule has 0 fully saturated rings. The summed E-state index contributed by atoms with van der Waals surface area (Å²) < 4.78 is 22.5. The van der Waals surface area contributed by atoms with Crippen molar-refractivity contribution < 1.29 is 33.1 Å². The van der Waals surface area contributed by atoms with Gasteiger partial charge in [0.2, 0.25) is 23.7 Å². The second kappa shape index (κ2) is 21.6. The van der Waals surface area contributed by atoms with Crippen LogP contribution in [0.2, 0.25) is 0 Å². The number of amides is 3. The number of carbonyl (C=O) groups is 4. The van der Waals surface area contributed by atoms with Gasteiger partial charge in [-0.3, -0.25) is 29.2 Å². The van der Waals surface area contributed by atoms with Crippen LogP contribution >= 0.6 is 0 Å². The fraction of sp³-hybridized carbons (Fsp3) is 0.435. The molecule has 0 radical (unpaired) electrons. The van der Waals surface area contributed by atoms with E-state index in [9.17, 15) is 19.2 Å². The van der Waals surface area contributed by atoms with Crippen molar-refractivity contribution in [2.45, 2.75) is 119 Å². The van der Waals surface area contributed by atoms with Gasteiger partial charge in [-0.25, -0.2) is 15.0 Å². The molecular formula is C46H64N12O7. The van der Waals surface area contributed by atoms with E-state index in [1.807, 2.05) is 65.2 Å². The number of carbonyl (C=O) groups excluding carboxylic acids is 4. The number of nitrogens with two attached hydrogens (primary N) is 3. The van der Waals surface area contributed by atoms with Crippen molar-refractivity contribution in [3.8, 4) is 11.5 Å². The molecule has 2 aromatic carbocycles. The molecule has 6 rings (SSSR count). The van der Waals surface area contributed by atoms with Gasteiger partial charge in [-0.1, -0.05) is 39.3 Å². The molecule has 0 aliphatic rings. The van der Waals surface area contributed by atoms with E-state index in [0.717, 1.165) is 12.1 Å². The molecular weight excluding hydrogens is 833 g/mol. The number of nitrogens with one attached hydrogen (secondary N) is 2. The minimum Gasteiger partial charge on any atom is -0.494 e. The van der Waals surface area contributed by atoms with Crippen LogP contribution in [-0.2, 0) is 26.1 Å². The van der Waals surface area contributed by atoms with E-state index in [-0.39, 0.29) is 23.6 Å². The summed E-state index contributed by atoms with van der Waals surface area (Å²) in [6.07, 6.45) is 7.05. The number of ether oxygens (including phenoxy) is 2. The highest BCUT2D eigenvalue weighted by Crippen LogP contribution is 2.35. The molecule has 4 aromatic heterocycles. The average Bonchev–Trinajstić information content (AvgIpc) is 4.00. The number of benzene rings is 2. The zero-order valence-corrected chi connectivity index (χ0v) is 39.6. The highest BCUT2D eigenvalue weighted by molar-refractivity contribution is 6.04. The van der Waals surface area contributed by atoms with E-state index >= 15 is 0 Å². The van der Waals surface area contributed by atoms with Crippen molar-refractivity contribution in [2.24, 2.45) is 17.2 Å². The predicted octanol–water partition coefficient (Wildman–Crippen LogP) is 6.73. The van der Waals surface area contributed by atoms with Gasteiger partial charge in [-0.2, -0.15) is 5.10 Å². The maximum atomic E-state index is 13.5. The predicted molar refractivity (Wildman–Crippen MR) is 252 cm³/mol. The number of allylic oxidation sites excluding steroid dienone is 2. The van der Waals surface area contributed by atoms with Crippen molar-refractivity contribution in [2.75, 3.05) is 24.8 Å². The number of nitrogens with zero attached hydrogens (tertiary/aromatic N) is 7. The number of imidazole rings is 2. The lowest BCUT2D eigenvalue weighted by Crippen LogP contribution is -2.43. The van der Waals surface area contributed by atoms with Gasteiger partial charge in [0.05, 0.1) is 29.5 Å². The minimum absolute atomic E-state index is 0.212. The molecule has 0 atom stereocenters. The van der Waals surface area contributed by atoms with E-state index in [0.29, 0.717) is 88.3 Å². The highest BCUT2D eigenvalue weighted by atomic mass is 16.5. The van der Waals surface area contributed by atoms with Crippen LogP contribution in [0, 0.1) is 13.8 Å². The van der Waals surface area contributed by atoms with E-state index in [1.165, 1.54) is 13.5 Å². The quantitative estimate of drug-likeness (QED) is 0.0470. The Kier molecular flexibility index (Phi) is 16.8. The molecule has 3 amide bonds. The summed E-state index contributed by atoms with van der Waals surface area (Å²) in [5.74, 6) is 0.829. The zero-order valence-electron chi connectivity index (χ0n) is 39.6. The first-order chi connectivity index (χ1) is 30.6. The molecule has 8 N–H and O–H groups in total. The molecule has 0 bridgehead atoms. The van der Waals surface area contributed by atoms with E-state index < -0.39 is 28.9 Å². The monoisotopic (exact) mass is 897 g/mol.